The van der Waals surface area contributed by atoms with Crippen LogP contribution < -0.4 is 16.4 Å². The predicted octanol–water partition coefficient (Wildman–Crippen LogP) is 2.05. The van der Waals surface area contributed by atoms with E-state index in [2.05, 4.69) is 57.1 Å². The van der Waals surface area contributed by atoms with Crippen molar-refractivity contribution in [2.75, 3.05) is 45.8 Å². The Morgan fingerprint density at radius 3 is 2.05 bits per heavy atom. The molecule has 4 heteroatoms. The van der Waals surface area contributed by atoms with Gasteiger partial charge in [-0.3, -0.25) is 0 Å². The SMILES string of the molecule is CCC(C)(C)NCCN(CCNCCN)CCC(C)(C)C. The number of hydrogen-bond acceptors (Lipinski definition) is 4. The van der Waals surface area contributed by atoms with E-state index >= 15 is 0 Å². The second-order valence-corrected chi connectivity index (χ2v) is 7.86. The number of hydrogen-bond donors (Lipinski definition) is 3. The first-order valence-electron chi connectivity index (χ1n) is 8.58. The van der Waals surface area contributed by atoms with Gasteiger partial charge < -0.3 is 21.3 Å². The summed E-state index contributed by atoms with van der Waals surface area (Å²) in [5.41, 5.74) is 6.16. The van der Waals surface area contributed by atoms with E-state index in [9.17, 15) is 0 Å². The lowest BCUT2D eigenvalue weighted by molar-refractivity contribution is 0.219. The molecule has 0 radical (unpaired) electrons. The van der Waals surface area contributed by atoms with Crippen LogP contribution >= 0.6 is 0 Å². The molecule has 0 aliphatic carbocycles. The lowest BCUT2D eigenvalue weighted by Gasteiger charge is -2.30. The van der Waals surface area contributed by atoms with Crippen molar-refractivity contribution in [3.05, 3.63) is 0 Å². The zero-order chi connectivity index (χ0) is 16.4. The van der Waals surface area contributed by atoms with E-state index in [0.29, 0.717) is 12.0 Å². The molecular formula is C17H40N4. The van der Waals surface area contributed by atoms with Crippen LogP contribution in [-0.2, 0) is 0 Å². The average Bonchev–Trinajstić information content (AvgIpc) is 2.39. The molecule has 0 unspecified atom stereocenters. The van der Waals surface area contributed by atoms with E-state index in [1.165, 1.54) is 13.0 Å². The van der Waals surface area contributed by atoms with E-state index < -0.39 is 0 Å². The zero-order valence-electron chi connectivity index (χ0n) is 15.4. The quantitative estimate of drug-likeness (QED) is 0.483. The second-order valence-electron chi connectivity index (χ2n) is 7.86. The van der Waals surface area contributed by atoms with Gasteiger partial charge in [-0.1, -0.05) is 27.7 Å². The summed E-state index contributed by atoms with van der Waals surface area (Å²) in [6.45, 7) is 20.8. The molecule has 0 rings (SSSR count). The van der Waals surface area contributed by atoms with E-state index in [1.807, 2.05) is 0 Å². The molecule has 4 N–H and O–H groups in total. The van der Waals surface area contributed by atoms with Crippen molar-refractivity contribution in [1.82, 2.24) is 15.5 Å². The molecule has 0 amide bonds. The number of rotatable bonds is 12. The van der Waals surface area contributed by atoms with E-state index in [0.717, 1.165) is 39.1 Å². The molecule has 0 heterocycles. The minimum atomic E-state index is 0.244. The van der Waals surface area contributed by atoms with Crippen LogP contribution in [-0.4, -0.2) is 56.3 Å². The average molecular weight is 301 g/mol. The van der Waals surface area contributed by atoms with Gasteiger partial charge in [-0.25, -0.2) is 0 Å². The fraction of sp³-hybridized carbons (Fsp3) is 1.00. The van der Waals surface area contributed by atoms with Gasteiger partial charge in [0.15, 0.2) is 0 Å². The summed E-state index contributed by atoms with van der Waals surface area (Å²) in [4.78, 5) is 2.56. The fourth-order valence-corrected chi connectivity index (χ4v) is 1.97. The molecule has 0 fully saturated rings. The van der Waals surface area contributed by atoms with Crippen molar-refractivity contribution in [3.63, 3.8) is 0 Å². The van der Waals surface area contributed by atoms with Crippen LogP contribution in [0.4, 0.5) is 0 Å². The normalized spacial score (nSPS) is 13.1. The summed E-state index contributed by atoms with van der Waals surface area (Å²) < 4.78 is 0. The first-order valence-corrected chi connectivity index (χ1v) is 8.58. The number of nitrogens with one attached hydrogen (secondary N) is 2. The van der Waals surface area contributed by atoms with Crippen molar-refractivity contribution < 1.29 is 0 Å². The van der Waals surface area contributed by atoms with Crippen LogP contribution in [0.15, 0.2) is 0 Å². The molecule has 0 aliphatic rings. The highest BCUT2D eigenvalue weighted by molar-refractivity contribution is 4.76. The molecule has 0 saturated heterocycles. The standard InChI is InChI=1S/C17H40N4/c1-7-17(5,6)20-12-15-21(13-8-16(2,3)4)14-11-19-10-9-18/h19-20H,7-15,18H2,1-6H3. The maximum Gasteiger partial charge on any atom is 0.0123 e. The third kappa shape index (κ3) is 13.2. The third-order valence-electron chi connectivity index (χ3n) is 4.02. The molecule has 0 spiro atoms. The van der Waals surface area contributed by atoms with Gasteiger partial charge in [0.1, 0.15) is 0 Å². The van der Waals surface area contributed by atoms with Gasteiger partial charge in [0.25, 0.3) is 0 Å². The van der Waals surface area contributed by atoms with Gasteiger partial charge in [0.2, 0.25) is 0 Å². The van der Waals surface area contributed by atoms with Crippen LogP contribution in [0.3, 0.4) is 0 Å². The lowest BCUT2D eigenvalue weighted by atomic mass is 9.92. The van der Waals surface area contributed by atoms with Gasteiger partial charge in [0, 0.05) is 44.8 Å². The Bertz CT molecular complexity index is 246. The molecule has 0 bridgehead atoms. The van der Waals surface area contributed by atoms with Crippen LogP contribution in [0.1, 0.15) is 54.4 Å². The van der Waals surface area contributed by atoms with Crippen molar-refractivity contribution in [1.29, 1.82) is 0 Å². The van der Waals surface area contributed by atoms with E-state index in [-0.39, 0.29) is 5.54 Å². The molecule has 0 saturated carbocycles. The van der Waals surface area contributed by atoms with Crippen LogP contribution in [0.2, 0.25) is 0 Å². The smallest absolute Gasteiger partial charge is 0.0123 e. The lowest BCUT2D eigenvalue weighted by Crippen LogP contribution is -2.45. The molecule has 0 atom stereocenters. The maximum atomic E-state index is 5.52. The summed E-state index contributed by atoms with van der Waals surface area (Å²) in [5, 5.41) is 7.05. The van der Waals surface area contributed by atoms with Crippen LogP contribution in [0.5, 0.6) is 0 Å². The van der Waals surface area contributed by atoms with Gasteiger partial charge in [-0.05, 0) is 38.6 Å². The minimum Gasteiger partial charge on any atom is -0.329 e. The second kappa shape index (κ2) is 10.5. The fourth-order valence-electron chi connectivity index (χ4n) is 1.97. The highest BCUT2D eigenvalue weighted by Crippen LogP contribution is 2.18. The summed E-state index contributed by atoms with van der Waals surface area (Å²) in [5.74, 6) is 0. The number of nitrogens with zero attached hydrogens (tertiary/aromatic N) is 1. The first-order chi connectivity index (χ1) is 9.70. The highest BCUT2D eigenvalue weighted by atomic mass is 15.2. The van der Waals surface area contributed by atoms with E-state index in [4.69, 9.17) is 5.73 Å². The Labute approximate surface area is 133 Å². The Hall–Kier alpha value is -0.160. The Kier molecular flexibility index (Phi) is 10.5. The van der Waals surface area contributed by atoms with Crippen molar-refractivity contribution in [2.45, 2.75) is 59.9 Å². The molecule has 0 aromatic rings. The Morgan fingerprint density at radius 1 is 0.905 bits per heavy atom. The molecule has 0 aromatic heterocycles. The Morgan fingerprint density at radius 2 is 1.52 bits per heavy atom. The van der Waals surface area contributed by atoms with Gasteiger partial charge in [-0.2, -0.15) is 0 Å². The summed E-state index contributed by atoms with van der Waals surface area (Å²) >= 11 is 0. The van der Waals surface area contributed by atoms with Crippen molar-refractivity contribution >= 4 is 0 Å². The minimum absolute atomic E-state index is 0.244. The van der Waals surface area contributed by atoms with Crippen molar-refractivity contribution in [3.8, 4) is 0 Å². The largest absolute Gasteiger partial charge is 0.329 e. The van der Waals surface area contributed by atoms with Crippen LogP contribution in [0.25, 0.3) is 0 Å². The van der Waals surface area contributed by atoms with Gasteiger partial charge in [-0.15, -0.1) is 0 Å². The number of nitrogens with two attached hydrogens (primary N) is 1. The van der Waals surface area contributed by atoms with E-state index in [1.54, 1.807) is 0 Å². The molecule has 0 aromatic carbocycles. The topological polar surface area (TPSA) is 53.3 Å². The van der Waals surface area contributed by atoms with Gasteiger partial charge >= 0.3 is 0 Å². The summed E-state index contributed by atoms with van der Waals surface area (Å²) in [6, 6.07) is 0. The molecular weight excluding hydrogens is 260 g/mol. The zero-order valence-corrected chi connectivity index (χ0v) is 15.4. The van der Waals surface area contributed by atoms with Gasteiger partial charge in [0.05, 0.1) is 0 Å². The molecule has 0 aliphatic heterocycles. The van der Waals surface area contributed by atoms with Crippen LogP contribution in [0, 0.1) is 5.41 Å². The summed E-state index contributed by atoms with van der Waals surface area (Å²) in [7, 11) is 0. The highest BCUT2D eigenvalue weighted by Gasteiger charge is 2.16. The molecule has 4 nitrogen and oxygen atoms in total. The Balaban J connectivity index is 4.11. The molecule has 21 heavy (non-hydrogen) atoms. The first kappa shape index (κ1) is 20.8. The monoisotopic (exact) mass is 300 g/mol. The maximum absolute atomic E-state index is 5.52. The predicted molar refractivity (Wildman–Crippen MR) is 94.8 cm³/mol. The third-order valence-corrected chi connectivity index (χ3v) is 4.02. The van der Waals surface area contributed by atoms with Crippen molar-refractivity contribution in [2.24, 2.45) is 11.1 Å². The molecule has 128 valence electrons. The summed E-state index contributed by atoms with van der Waals surface area (Å²) in [6.07, 6.45) is 2.40.